The van der Waals surface area contributed by atoms with Gasteiger partial charge in [-0.15, -0.1) is 0 Å². The van der Waals surface area contributed by atoms with Crippen molar-refractivity contribution in [2.75, 3.05) is 6.54 Å². The van der Waals surface area contributed by atoms with Crippen molar-refractivity contribution in [3.8, 4) is 0 Å². The normalized spacial score (nSPS) is 8.31. The van der Waals surface area contributed by atoms with Crippen LogP contribution in [0.25, 0.3) is 0 Å². The van der Waals surface area contributed by atoms with Gasteiger partial charge in [0.2, 0.25) is 0 Å². The maximum Gasteiger partial charge on any atom is 0.166 e. The SMILES string of the molecule is CCNC(C)C.[Cl-].c1cc[nH+]cc1. The topological polar surface area (TPSA) is 26.2 Å². The van der Waals surface area contributed by atoms with Gasteiger partial charge in [0.15, 0.2) is 12.4 Å². The lowest BCUT2D eigenvalue weighted by Crippen LogP contribution is -3.00. The van der Waals surface area contributed by atoms with E-state index in [-0.39, 0.29) is 12.4 Å². The predicted molar refractivity (Wildman–Crippen MR) is 51.8 cm³/mol. The van der Waals surface area contributed by atoms with Gasteiger partial charge in [0, 0.05) is 18.2 Å². The van der Waals surface area contributed by atoms with Crippen LogP contribution in [0.2, 0.25) is 0 Å². The standard InChI is InChI=1S/C5H5N.C5H13N.ClH/c1-2-4-6-5-3-1;1-4-6-5(2)3;/h1-5H;5-6H,4H2,1-3H3;1H. The number of aromatic nitrogens is 1. The van der Waals surface area contributed by atoms with Crippen LogP contribution in [0, 0.1) is 0 Å². The van der Waals surface area contributed by atoms with Crippen LogP contribution in [0.1, 0.15) is 20.8 Å². The molecule has 1 heterocycles. The van der Waals surface area contributed by atoms with E-state index in [9.17, 15) is 0 Å². The fraction of sp³-hybridized carbons (Fsp3) is 0.500. The summed E-state index contributed by atoms with van der Waals surface area (Å²) in [6, 6.07) is 6.51. The van der Waals surface area contributed by atoms with E-state index in [4.69, 9.17) is 0 Å². The average molecular weight is 203 g/mol. The van der Waals surface area contributed by atoms with Gasteiger partial charge in [-0.1, -0.05) is 26.8 Å². The molecule has 0 saturated heterocycles. The molecule has 0 fully saturated rings. The van der Waals surface area contributed by atoms with Gasteiger partial charge in [-0.25, -0.2) is 4.98 Å². The van der Waals surface area contributed by atoms with Gasteiger partial charge in [0.05, 0.1) is 0 Å². The van der Waals surface area contributed by atoms with Crippen molar-refractivity contribution in [3.05, 3.63) is 30.6 Å². The molecule has 2 N–H and O–H groups in total. The molecule has 0 unspecified atom stereocenters. The van der Waals surface area contributed by atoms with Crippen LogP contribution in [0.5, 0.6) is 0 Å². The zero-order valence-electron chi connectivity index (χ0n) is 8.55. The first kappa shape index (κ1) is 14.9. The van der Waals surface area contributed by atoms with E-state index >= 15 is 0 Å². The highest BCUT2D eigenvalue weighted by molar-refractivity contribution is 4.82. The van der Waals surface area contributed by atoms with Gasteiger partial charge in [0.1, 0.15) is 0 Å². The first-order valence-corrected chi connectivity index (χ1v) is 4.41. The lowest BCUT2D eigenvalue weighted by atomic mass is 10.4. The van der Waals surface area contributed by atoms with Crippen molar-refractivity contribution in [1.29, 1.82) is 0 Å². The molecular formula is C10H19ClN2. The quantitative estimate of drug-likeness (QED) is 0.622. The molecule has 1 rings (SSSR count). The van der Waals surface area contributed by atoms with Crippen LogP contribution in [-0.4, -0.2) is 12.6 Å². The Morgan fingerprint density at radius 2 is 1.69 bits per heavy atom. The van der Waals surface area contributed by atoms with Crippen LogP contribution in [0.3, 0.4) is 0 Å². The third-order valence-corrected chi connectivity index (χ3v) is 1.22. The molecule has 1 aromatic rings. The fourth-order valence-corrected chi connectivity index (χ4v) is 0.750. The first-order chi connectivity index (χ1) is 5.77. The van der Waals surface area contributed by atoms with Gasteiger partial charge in [0.25, 0.3) is 0 Å². The van der Waals surface area contributed by atoms with Crippen LogP contribution in [-0.2, 0) is 0 Å². The Morgan fingerprint density at radius 3 is 1.77 bits per heavy atom. The molecule has 2 nitrogen and oxygen atoms in total. The summed E-state index contributed by atoms with van der Waals surface area (Å²) in [6.45, 7) is 7.48. The van der Waals surface area contributed by atoms with Gasteiger partial charge >= 0.3 is 0 Å². The summed E-state index contributed by atoms with van der Waals surface area (Å²) in [6.07, 6.45) is 3.75. The molecule has 13 heavy (non-hydrogen) atoms. The first-order valence-electron chi connectivity index (χ1n) is 4.41. The van der Waals surface area contributed by atoms with Crippen LogP contribution in [0.4, 0.5) is 0 Å². The Bertz CT molecular complexity index is 139. The Kier molecular flexibility index (Phi) is 13.1. The number of H-pyrrole nitrogens is 1. The Balaban J connectivity index is 0. The Labute approximate surface area is 87.2 Å². The van der Waals surface area contributed by atoms with Crippen LogP contribution >= 0.6 is 0 Å². The molecule has 3 heteroatoms. The highest BCUT2D eigenvalue weighted by Gasteiger charge is 1.82. The minimum atomic E-state index is 0. The molecule has 0 saturated carbocycles. The molecule has 0 bridgehead atoms. The molecular weight excluding hydrogens is 184 g/mol. The van der Waals surface area contributed by atoms with E-state index in [1.54, 1.807) is 0 Å². The number of hydrogen-bond donors (Lipinski definition) is 1. The zero-order chi connectivity index (χ0) is 9.23. The predicted octanol–water partition coefficient (Wildman–Crippen LogP) is -1.49. The van der Waals surface area contributed by atoms with Crippen LogP contribution in [0.15, 0.2) is 30.6 Å². The third-order valence-electron chi connectivity index (χ3n) is 1.22. The van der Waals surface area contributed by atoms with Crippen molar-refractivity contribution in [1.82, 2.24) is 5.32 Å². The average Bonchev–Trinajstić information content (AvgIpc) is 2.08. The maximum atomic E-state index is 3.21. The van der Waals surface area contributed by atoms with E-state index in [0.29, 0.717) is 6.04 Å². The van der Waals surface area contributed by atoms with Crippen molar-refractivity contribution >= 4 is 0 Å². The summed E-state index contributed by atoms with van der Waals surface area (Å²) in [5, 5.41) is 3.21. The second-order valence-corrected chi connectivity index (χ2v) is 2.79. The Hall–Kier alpha value is -0.600. The molecule has 0 aliphatic carbocycles. The Morgan fingerprint density at radius 1 is 1.15 bits per heavy atom. The number of aromatic amines is 1. The van der Waals surface area contributed by atoms with Crippen molar-refractivity contribution in [2.24, 2.45) is 0 Å². The van der Waals surface area contributed by atoms with Gasteiger partial charge in [-0.2, -0.15) is 0 Å². The second kappa shape index (κ2) is 11.4. The maximum absolute atomic E-state index is 3.21. The molecule has 1 aromatic heterocycles. The zero-order valence-corrected chi connectivity index (χ0v) is 9.31. The minimum absolute atomic E-state index is 0. The number of nitrogens with one attached hydrogen (secondary N) is 2. The summed E-state index contributed by atoms with van der Waals surface area (Å²) in [5.41, 5.74) is 0. The van der Waals surface area contributed by atoms with E-state index in [2.05, 4.69) is 31.1 Å². The highest BCUT2D eigenvalue weighted by atomic mass is 35.5. The number of rotatable bonds is 2. The van der Waals surface area contributed by atoms with E-state index in [1.165, 1.54) is 0 Å². The summed E-state index contributed by atoms with van der Waals surface area (Å²) in [7, 11) is 0. The lowest BCUT2D eigenvalue weighted by molar-refractivity contribution is -0.377. The number of pyridine rings is 1. The van der Waals surface area contributed by atoms with E-state index in [1.807, 2.05) is 30.6 Å². The summed E-state index contributed by atoms with van der Waals surface area (Å²) >= 11 is 0. The number of halogens is 1. The number of hydrogen-bond acceptors (Lipinski definition) is 1. The van der Waals surface area contributed by atoms with Gasteiger partial charge < -0.3 is 17.7 Å². The van der Waals surface area contributed by atoms with Gasteiger partial charge in [-0.3, -0.25) is 0 Å². The second-order valence-electron chi connectivity index (χ2n) is 2.79. The molecule has 0 amide bonds. The minimum Gasteiger partial charge on any atom is -1.00 e. The largest absolute Gasteiger partial charge is 1.00 e. The summed E-state index contributed by atoms with van der Waals surface area (Å²) in [4.78, 5) is 2.89. The monoisotopic (exact) mass is 202 g/mol. The molecule has 0 atom stereocenters. The molecule has 0 aliphatic rings. The summed E-state index contributed by atoms with van der Waals surface area (Å²) in [5.74, 6) is 0. The smallest absolute Gasteiger partial charge is 0.166 e. The fourth-order valence-electron chi connectivity index (χ4n) is 0.750. The summed E-state index contributed by atoms with van der Waals surface area (Å²) < 4.78 is 0. The van der Waals surface area contributed by atoms with Gasteiger partial charge in [-0.05, 0) is 6.54 Å². The molecule has 0 spiro atoms. The van der Waals surface area contributed by atoms with E-state index in [0.717, 1.165) is 6.54 Å². The lowest BCUT2D eigenvalue weighted by Gasteiger charge is -2.00. The molecule has 76 valence electrons. The molecule has 0 radical (unpaired) electrons. The van der Waals surface area contributed by atoms with Crippen molar-refractivity contribution in [3.63, 3.8) is 0 Å². The van der Waals surface area contributed by atoms with E-state index < -0.39 is 0 Å². The third kappa shape index (κ3) is 14.3. The molecule has 0 aromatic carbocycles. The van der Waals surface area contributed by atoms with Crippen molar-refractivity contribution in [2.45, 2.75) is 26.8 Å². The molecule has 0 aliphatic heterocycles. The van der Waals surface area contributed by atoms with Crippen molar-refractivity contribution < 1.29 is 17.4 Å². The highest BCUT2D eigenvalue weighted by Crippen LogP contribution is 1.70. The van der Waals surface area contributed by atoms with Crippen LogP contribution < -0.4 is 22.7 Å².